The molecule has 0 bridgehead atoms. The second kappa shape index (κ2) is 30.6. The number of carbonyl (C=O) groups excluding carboxylic acids is 6. The maximum absolute atomic E-state index is 16.2. The molecule has 0 aromatic heterocycles. The Morgan fingerprint density at radius 2 is 1.10 bits per heavy atom. The summed E-state index contributed by atoms with van der Waals surface area (Å²) in [5.41, 5.74) is 3.58. The second-order valence-electron chi connectivity index (χ2n) is 20.7. The molecule has 428 valence electrons. The zero-order chi connectivity index (χ0) is 58.5. The van der Waals surface area contributed by atoms with Crippen molar-refractivity contribution in [1.82, 2.24) is 0 Å². The lowest BCUT2D eigenvalue weighted by Gasteiger charge is -2.32. The third kappa shape index (κ3) is 18.2. The van der Waals surface area contributed by atoms with E-state index >= 15 is 8.78 Å². The number of benzene rings is 4. The molecule has 0 unspecified atom stereocenters. The van der Waals surface area contributed by atoms with E-state index in [4.69, 9.17) is 23.7 Å². The molecule has 13 nitrogen and oxygen atoms in total. The van der Waals surface area contributed by atoms with E-state index in [-0.39, 0.29) is 46.6 Å². The summed E-state index contributed by atoms with van der Waals surface area (Å²) in [4.78, 5) is 75.6. The molecule has 0 spiro atoms. The number of ether oxygens (including phenoxy) is 7. The van der Waals surface area contributed by atoms with Gasteiger partial charge in [-0.25, -0.2) is 28.0 Å². The highest BCUT2D eigenvalue weighted by molar-refractivity contribution is 5.94. The van der Waals surface area contributed by atoms with Crippen LogP contribution in [0.25, 0.3) is 33.4 Å². The molecular weight excluding hydrogens is 1030 g/mol. The van der Waals surface area contributed by atoms with Crippen LogP contribution in [0.2, 0.25) is 0 Å². The first-order valence-corrected chi connectivity index (χ1v) is 27.2. The van der Waals surface area contributed by atoms with E-state index in [9.17, 15) is 28.8 Å². The molecule has 1 aliphatic carbocycles. The number of methoxy groups -OCH3 is 2. The van der Waals surface area contributed by atoms with Crippen LogP contribution in [0.5, 0.6) is 5.75 Å². The van der Waals surface area contributed by atoms with Crippen molar-refractivity contribution in [2.75, 3.05) is 47.3 Å². The van der Waals surface area contributed by atoms with Gasteiger partial charge in [-0.1, -0.05) is 114 Å². The summed E-state index contributed by atoms with van der Waals surface area (Å²) >= 11 is 0. The summed E-state index contributed by atoms with van der Waals surface area (Å²) in [5.74, 6) is -4.74. The van der Waals surface area contributed by atoms with Gasteiger partial charge in [-0.15, -0.1) is 0 Å². The minimum absolute atomic E-state index is 0.0171. The van der Waals surface area contributed by atoms with Gasteiger partial charge in [-0.3, -0.25) is 9.59 Å². The first-order chi connectivity index (χ1) is 38.2. The van der Waals surface area contributed by atoms with E-state index in [0.717, 1.165) is 49.7 Å². The van der Waals surface area contributed by atoms with Crippen molar-refractivity contribution in [1.29, 1.82) is 0 Å². The molecule has 5 rings (SSSR count). The van der Waals surface area contributed by atoms with Crippen LogP contribution in [0.4, 0.5) is 8.78 Å². The second-order valence-corrected chi connectivity index (χ2v) is 20.7. The van der Waals surface area contributed by atoms with Crippen LogP contribution < -0.4 is 4.74 Å². The normalized spacial score (nSPS) is 14.0. The van der Waals surface area contributed by atoms with Crippen LogP contribution in [0.3, 0.4) is 0 Å². The molecule has 0 saturated heterocycles. The first-order valence-electron chi connectivity index (χ1n) is 27.2. The summed E-state index contributed by atoms with van der Waals surface area (Å²) in [6.07, 6.45) is 10.0. The fourth-order valence-electron chi connectivity index (χ4n) is 9.49. The Kier molecular flexibility index (Phi) is 24.2. The molecule has 0 N–H and O–H groups in total. The Labute approximate surface area is 469 Å². The average molecular weight is 1100 g/mol. The molecule has 0 amide bonds. The number of unbranched alkanes of at least 4 members (excludes halogenated alkanes) is 2. The predicted molar refractivity (Wildman–Crippen MR) is 302 cm³/mol. The van der Waals surface area contributed by atoms with Gasteiger partial charge in [0.15, 0.2) is 0 Å². The molecular formula is C65H76F2O13. The maximum Gasteiger partial charge on any atom is 0.334 e. The lowest BCUT2D eigenvalue weighted by Crippen LogP contribution is -2.44. The van der Waals surface area contributed by atoms with Crippen LogP contribution in [0.15, 0.2) is 121 Å². The van der Waals surface area contributed by atoms with E-state index < -0.39 is 92.1 Å². The lowest BCUT2D eigenvalue weighted by atomic mass is 9.77. The Balaban J connectivity index is 1.46. The number of esters is 6. The Bertz CT molecular complexity index is 2840. The number of carbonyl (C=O) groups is 6. The highest BCUT2D eigenvalue weighted by Gasteiger charge is 2.39. The van der Waals surface area contributed by atoms with Gasteiger partial charge in [0.2, 0.25) is 0 Å². The van der Waals surface area contributed by atoms with Crippen molar-refractivity contribution in [2.24, 2.45) is 11.3 Å². The standard InChI is InChI=1S/C65H76F2O13/c1-11-13-14-16-45-18-20-47(21-19-45)48-22-24-49(25-23-48)53-35-55(66)60(56(67)36-53)52-26-28-54(46(12-2)33-52)50-27-29-57(51(34-50)17-15-30-76-61(70)41(3)4)77-37-65(38-78-62(71)42(5)6,39-79-63(72)43(7)31-58(68)74-9)40-80-64(73)44(8)32-59(69)75-10/h22-29,33-36,45,47H,3,5,7-8,11-21,30-32,37-40H2,1-2,4,6,9-10H3. The van der Waals surface area contributed by atoms with E-state index in [0.29, 0.717) is 41.0 Å². The monoisotopic (exact) mass is 1100 g/mol. The van der Waals surface area contributed by atoms with Gasteiger partial charge in [0.25, 0.3) is 0 Å². The van der Waals surface area contributed by atoms with Crippen LogP contribution in [-0.4, -0.2) is 83.1 Å². The Morgan fingerprint density at radius 3 is 1.64 bits per heavy atom. The summed E-state index contributed by atoms with van der Waals surface area (Å²) < 4.78 is 70.5. The van der Waals surface area contributed by atoms with E-state index in [1.165, 1.54) is 70.1 Å². The number of rotatable bonds is 30. The molecule has 15 heteroatoms. The van der Waals surface area contributed by atoms with Crippen LogP contribution >= 0.6 is 0 Å². The molecule has 0 aliphatic heterocycles. The van der Waals surface area contributed by atoms with Crippen molar-refractivity contribution in [3.63, 3.8) is 0 Å². The quantitative estimate of drug-likeness (QED) is 0.0210. The average Bonchev–Trinajstić information content (AvgIpc) is 3.46. The molecule has 4 aromatic rings. The lowest BCUT2D eigenvalue weighted by molar-refractivity contribution is -0.161. The van der Waals surface area contributed by atoms with Crippen LogP contribution in [-0.2, 0) is 70.0 Å². The van der Waals surface area contributed by atoms with Crippen LogP contribution in [0, 0.1) is 23.0 Å². The number of aryl methyl sites for hydroxylation is 2. The number of halogens is 2. The largest absolute Gasteiger partial charge is 0.492 e. The van der Waals surface area contributed by atoms with Crippen molar-refractivity contribution < 1.29 is 70.7 Å². The third-order valence-corrected chi connectivity index (χ3v) is 14.3. The van der Waals surface area contributed by atoms with Crippen molar-refractivity contribution >= 4 is 35.8 Å². The smallest absolute Gasteiger partial charge is 0.334 e. The van der Waals surface area contributed by atoms with E-state index in [1.54, 1.807) is 30.3 Å². The minimum atomic E-state index is -1.68. The van der Waals surface area contributed by atoms with Gasteiger partial charge in [-0.2, -0.15) is 0 Å². The molecule has 4 aromatic carbocycles. The summed E-state index contributed by atoms with van der Waals surface area (Å²) in [6, 6.07) is 21.4. The number of hydrogen-bond donors (Lipinski definition) is 0. The maximum atomic E-state index is 16.2. The van der Waals surface area contributed by atoms with Gasteiger partial charge >= 0.3 is 35.8 Å². The van der Waals surface area contributed by atoms with E-state index in [1.807, 2.05) is 25.1 Å². The van der Waals surface area contributed by atoms with Crippen LogP contribution in [0.1, 0.15) is 121 Å². The Morgan fingerprint density at radius 1 is 0.575 bits per heavy atom. The molecule has 0 heterocycles. The van der Waals surface area contributed by atoms with Crippen molar-refractivity contribution in [3.8, 4) is 39.1 Å². The van der Waals surface area contributed by atoms with Gasteiger partial charge in [0.1, 0.15) is 49.2 Å². The highest BCUT2D eigenvalue weighted by Crippen LogP contribution is 2.40. The zero-order valence-corrected chi connectivity index (χ0v) is 47.2. The van der Waals surface area contributed by atoms with Crippen molar-refractivity contribution in [3.05, 3.63) is 150 Å². The Hall–Kier alpha value is -7.68. The first kappa shape index (κ1) is 63.2. The molecule has 0 atom stereocenters. The molecule has 1 saturated carbocycles. The SMILES string of the molecule is C=C(C)C(=O)OCCCc1cc(-c2ccc(-c3c(F)cc(-c4ccc(C5CCC(CCCCC)CC5)cc4)cc3F)cc2CC)ccc1OCC(COC(=O)C(=C)C)(COC(=O)C(=C)CC(=O)OC)COC(=O)C(=C)CC(=O)OC. The van der Waals surface area contributed by atoms with Gasteiger partial charge in [-0.05, 0) is 139 Å². The molecule has 1 aliphatic rings. The molecule has 1 fully saturated rings. The highest BCUT2D eigenvalue weighted by atomic mass is 19.1. The van der Waals surface area contributed by atoms with Gasteiger partial charge in [0.05, 0.1) is 39.2 Å². The summed E-state index contributed by atoms with van der Waals surface area (Å²) in [7, 11) is 2.28. The van der Waals surface area contributed by atoms with Gasteiger partial charge in [0, 0.05) is 22.3 Å². The summed E-state index contributed by atoms with van der Waals surface area (Å²) in [6.45, 7) is 19.4. The molecule has 80 heavy (non-hydrogen) atoms. The van der Waals surface area contributed by atoms with E-state index in [2.05, 4.69) is 54.8 Å². The van der Waals surface area contributed by atoms with Crippen molar-refractivity contribution in [2.45, 2.75) is 117 Å². The summed E-state index contributed by atoms with van der Waals surface area (Å²) in [5, 5.41) is 0. The zero-order valence-electron chi connectivity index (χ0n) is 47.2. The predicted octanol–water partition coefficient (Wildman–Crippen LogP) is 13.2. The third-order valence-electron chi connectivity index (χ3n) is 14.3. The fraction of sp³-hybridized carbons (Fsp3) is 0.415. The number of hydrogen-bond acceptors (Lipinski definition) is 13. The minimum Gasteiger partial charge on any atom is -0.492 e. The molecule has 0 radical (unpaired) electrons. The topological polar surface area (TPSA) is 167 Å². The van der Waals surface area contributed by atoms with Gasteiger partial charge < -0.3 is 33.2 Å². The fourth-order valence-corrected chi connectivity index (χ4v) is 9.49.